The van der Waals surface area contributed by atoms with Crippen LogP contribution in [0.25, 0.3) is 16.7 Å². The molecule has 0 aliphatic rings. The van der Waals surface area contributed by atoms with Crippen LogP contribution in [0.2, 0.25) is 0 Å². The standard InChI is InChI=1S/C18H18N2O2S/c1-13(21)11-12-23-18-19-16-5-3-4-6-17(16)20(18)14-7-9-15(22-2)10-8-14/h3-10H,11-12H2,1-2H3. The number of ketones is 1. The quantitative estimate of drug-likeness (QED) is 0.640. The second-order valence-electron chi connectivity index (χ2n) is 5.22. The minimum absolute atomic E-state index is 0.199. The Morgan fingerprint density at radius 2 is 1.91 bits per heavy atom. The van der Waals surface area contributed by atoms with E-state index in [-0.39, 0.29) is 5.78 Å². The molecule has 3 aromatic rings. The molecule has 0 aliphatic carbocycles. The summed E-state index contributed by atoms with van der Waals surface area (Å²) in [7, 11) is 1.66. The molecule has 0 atom stereocenters. The number of ether oxygens (including phenoxy) is 1. The third kappa shape index (κ3) is 3.40. The van der Waals surface area contributed by atoms with Gasteiger partial charge in [0.25, 0.3) is 0 Å². The number of para-hydroxylation sites is 2. The average Bonchev–Trinajstić information content (AvgIpc) is 2.93. The number of benzene rings is 2. The van der Waals surface area contributed by atoms with E-state index in [9.17, 15) is 4.79 Å². The fourth-order valence-electron chi connectivity index (χ4n) is 2.37. The van der Waals surface area contributed by atoms with Crippen molar-refractivity contribution in [3.8, 4) is 11.4 Å². The van der Waals surface area contributed by atoms with Gasteiger partial charge in [0.1, 0.15) is 11.5 Å². The van der Waals surface area contributed by atoms with Crippen molar-refractivity contribution in [1.29, 1.82) is 0 Å². The monoisotopic (exact) mass is 326 g/mol. The maximum atomic E-state index is 11.2. The van der Waals surface area contributed by atoms with E-state index in [1.165, 1.54) is 0 Å². The molecule has 0 radical (unpaired) electrons. The van der Waals surface area contributed by atoms with Gasteiger partial charge >= 0.3 is 0 Å². The Kier molecular flexibility index (Phi) is 4.67. The first kappa shape index (κ1) is 15.6. The molecule has 0 unspecified atom stereocenters. The van der Waals surface area contributed by atoms with Crippen molar-refractivity contribution in [3.05, 3.63) is 48.5 Å². The van der Waals surface area contributed by atoms with Crippen LogP contribution in [-0.4, -0.2) is 28.2 Å². The molecular weight excluding hydrogens is 308 g/mol. The number of imidazole rings is 1. The van der Waals surface area contributed by atoms with E-state index in [2.05, 4.69) is 10.6 Å². The molecule has 23 heavy (non-hydrogen) atoms. The van der Waals surface area contributed by atoms with Crippen LogP contribution in [0.4, 0.5) is 0 Å². The lowest BCUT2D eigenvalue weighted by Crippen LogP contribution is -1.98. The summed E-state index contributed by atoms with van der Waals surface area (Å²) in [4.78, 5) is 15.9. The molecule has 0 bridgehead atoms. The zero-order valence-electron chi connectivity index (χ0n) is 13.2. The molecule has 5 heteroatoms. The number of rotatable bonds is 6. The molecule has 0 fully saturated rings. The van der Waals surface area contributed by atoms with E-state index >= 15 is 0 Å². The molecule has 1 aromatic heterocycles. The Morgan fingerprint density at radius 3 is 2.61 bits per heavy atom. The molecular formula is C18H18N2O2S. The van der Waals surface area contributed by atoms with Crippen molar-refractivity contribution in [2.24, 2.45) is 0 Å². The predicted octanol–water partition coefficient (Wildman–Crippen LogP) is 4.11. The fourth-order valence-corrected chi connectivity index (χ4v) is 3.44. The van der Waals surface area contributed by atoms with E-state index in [4.69, 9.17) is 9.72 Å². The van der Waals surface area contributed by atoms with Crippen LogP contribution in [0.5, 0.6) is 5.75 Å². The highest BCUT2D eigenvalue weighted by Crippen LogP contribution is 2.29. The third-order valence-corrected chi connectivity index (χ3v) is 4.49. The molecule has 3 rings (SSSR count). The maximum Gasteiger partial charge on any atom is 0.173 e. The number of Topliss-reactive ketones (excluding diaryl/α,β-unsaturated/α-hetero) is 1. The van der Waals surface area contributed by atoms with Gasteiger partial charge in [-0.3, -0.25) is 9.36 Å². The number of methoxy groups -OCH3 is 1. The van der Waals surface area contributed by atoms with Crippen molar-refractivity contribution in [2.45, 2.75) is 18.5 Å². The van der Waals surface area contributed by atoms with Crippen LogP contribution in [0.1, 0.15) is 13.3 Å². The minimum atomic E-state index is 0.199. The molecule has 118 valence electrons. The molecule has 0 aliphatic heterocycles. The molecule has 0 spiro atoms. The Morgan fingerprint density at radius 1 is 1.17 bits per heavy atom. The number of fused-ring (bicyclic) bond motifs is 1. The van der Waals surface area contributed by atoms with Gasteiger partial charge in [0, 0.05) is 17.9 Å². The fraction of sp³-hybridized carbons (Fsp3) is 0.222. The van der Waals surface area contributed by atoms with Crippen LogP contribution in [0.3, 0.4) is 0 Å². The first-order chi connectivity index (χ1) is 11.2. The predicted molar refractivity (Wildman–Crippen MR) is 93.6 cm³/mol. The summed E-state index contributed by atoms with van der Waals surface area (Å²) >= 11 is 1.61. The molecule has 0 saturated heterocycles. The van der Waals surface area contributed by atoms with Crippen molar-refractivity contribution in [2.75, 3.05) is 12.9 Å². The number of carbonyl (C=O) groups excluding carboxylic acids is 1. The molecule has 2 aromatic carbocycles. The van der Waals surface area contributed by atoms with E-state index in [1.54, 1.807) is 25.8 Å². The van der Waals surface area contributed by atoms with Gasteiger partial charge in [-0.1, -0.05) is 23.9 Å². The number of aromatic nitrogens is 2. The van der Waals surface area contributed by atoms with Crippen LogP contribution < -0.4 is 4.74 Å². The molecule has 0 saturated carbocycles. The Labute approximate surface area is 139 Å². The minimum Gasteiger partial charge on any atom is -0.497 e. The Hall–Kier alpha value is -2.27. The van der Waals surface area contributed by atoms with Crippen molar-refractivity contribution in [1.82, 2.24) is 9.55 Å². The Bertz CT molecular complexity index is 825. The van der Waals surface area contributed by atoms with E-state index < -0.39 is 0 Å². The number of thioether (sulfide) groups is 1. The highest BCUT2D eigenvalue weighted by atomic mass is 32.2. The molecule has 4 nitrogen and oxygen atoms in total. The van der Waals surface area contributed by atoms with E-state index in [0.717, 1.165) is 33.4 Å². The third-order valence-electron chi connectivity index (χ3n) is 3.55. The van der Waals surface area contributed by atoms with Gasteiger partial charge in [-0.05, 0) is 43.3 Å². The molecule has 0 amide bonds. The summed E-state index contributed by atoms with van der Waals surface area (Å²) in [6.45, 7) is 1.62. The van der Waals surface area contributed by atoms with Gasteiger partial charge in [0.15, 0.2) is 5.16 Å². The van der Waals surface area contributed by atoms with Crippen molar-refractivity contribution < 1.29 is 9.53 Å². The maximum absolute atomic E-state index is 11.2. The van der Waals surface area contributed by atoms with Gasteiger partial charge in [-0.25, -0.2) is 4.98 Å². The number of nitrogens with zero attached hydrogens (tertiary/aromatic N) is 2. The zero-order valence-corrected chi connectivity index (χ0v) is 14.0. The van der Waals surface area contributed by atoms with E-state index in [1.807, 2.05) is 42.5 Å². The highest BCUT2D eigenvalue weighted by molar-refractivity contribution is 7.99. The Balaban J connectivity index is 2.02. The van der Waals surface area contributed by atoms with Gasteiger partial charge in [-0.2, -0.15) is 0 Å². The number of carbonyl (C=O) groups is 1. The second-order valence-corrected chi connectivity index (χ2v) is 6.28. The summed E-state index contributed by atoms with van der Waals surface area (Å²) in [5.41, 5.74) is 3.04. The van der Waals surface area contributed by atoms with E-state index in [0.29, 0.717) is 6.42 Å². The number of hydrogen-bond acceptors (Lipinski definition) is 4. The largest absolute Gasteiger partial charge is 0.497 e. The van der Waals surface area contributed by atoms with Crippen LogP contribution in [0.15, 0.2) is 53.7 Å². The topological polar surface area (TPSA) is 44.1 Å². The molecule has 0 N–H and O–H groups in total. The normalized spacial score (nSPS) is 10.9. The van der Waals surface area contributed by atoms with Crippen LogP contribution in [0, 0.1) is 0 Å². The first-order valence-corrected chi connectivity index (χ1v) is 8.42. The summed E-state index contributed by atoms with van der Waals surface area (Å²) in [5, 5.41) is 0.901. The highest BCUT2D eigenvalue weighted by Gasteiger charge is 2.13. The average molecular weight is 326 g/mol. The first-order valence-electron chi connectivity index (χ1n) is 7.43. The summed E-state index contributed by atoms with van der Waals surface area (Å²) in [5.74, 6) is 1.75. The number of hydrogen-bond donors (Lipinski definition) is 0. The lowest BCUT2D eigenvalue weighted by atomic mass is 10.2. The van der Waals surface area contributed by atoms with Crippen LogP contribution in [-0.2, 0) is 4.79 Å². The van der Waals surface area contributed by atoms with Crippen molar-refractivity contribution >= 4 is 28.6 Å². The summed E-state index contributed by atoms with van der Waals surface area (Å²) < 4.78 is 7.35. The van der Waals surface area contributed by atoms with Crippen LogP contribution >= 0.6 is 11.8 Å². The SMILES string of the molecule is COc1ccc(-n2c(SCCC(C)=O)nc3ccccc32)cc1. The van der Waals surface area contributed by atoms with Crippen molar-refractivity contribution in [3.63, 3.8) is 0 Å². The lowest BCUT2D eigenvalue weighted by molar-refractivity contribution is -0.116. The second kappa shape index (κ2) is 6.87. The van der Waals surface area contributed by atoms with Gasteiger partial charge < -0.3 is 4.74 Å². The zero-order chi connectivity index (χ0) is 16.2. The lowest BCUT2D eigenvalue weighted by Gasteiger charge is -2.09. The van der Waals surface area contributed by atoms with Gasteiger partial charge in [0.2, 0.25) is 0 Å². The molecule has 1 heterocycles. The van der Waals surface area contributed by atoms with Gasteiger partial charge in [-0.15, -0.1) is 0 Å². The van der Waals surface area contributed by atoms with Gasteiger partial charge in [0.05, 0.1) is 18.1 Å². The summed E-state index contributed by atoms with van der Waals surface area (Å²) in [6.07, 6.45) is 0.552. The summed E-state index contributed by atoms with van der Waals surface area (Å²) in [6, 6.07) is 16.0. The smallest absolute Gasteiger partial charge is 0.173 e.